The highest BCUT2D eigenvalue weighted by molar-refractivity contribution is 5.36. The Labute approximate surface area is 81.0 Å². The van der Waals surface area contributed by atoms with Crippen LogP contribution in [0.1, 0.15) is 55.2 Å². The van der Waals surface area contributed by atoms with Gasteiger partial charge in [-0.05, 0) is 48.3 Å². The van der Waals surface area contributed by atoms with Crippen LogP contribution in [0.4, 0.5) is 0 Å². The highest BCUT2D eigenvalue weighted by Crippen LogP contribution is 2.40. The molecule has 0 amide bonds. The van der Waals surface area contributed by atoms with Gasteiger partial charge < -0.3 is 0 Å². The summed E-state index contributed by atoms with van der Waals surface area (Å²) >= 11 is 0. The quantitative estimate of drug-likeness (QED) is 0.635. The molecule has 0 heteroatoms. The Morgan fingerprint density at radius 2 is 1.92 bits per heavy atom. The third kappa shape index (κ3) is 1.77. The van der Waals surface area contributed by atoms with E-state index in [1.807, 2.05) is 0 Å². The Kier molecular flexibility index (Phi) is 2.15. The van der Waals surface area contributed by atoms with E-state index in [-0.39, 0.29) is 0 Å². The highest BCUT2D eigenvalue weighted by atomic mass is 14.3. The van der Waals surface area contributed by atoms with Crippen molar-refractivity contribution in [3.05, 3.63) is 34.9 Å². The lowest BCUT2D eigenvalue weighted by Crippen LogP contribution is -1.93. The number of rotatable bonds is 2. The first-order chi connectivity index (χ1) is 6.18. The Morgan fingerprint density at radius 1 is 1.23 bits per heavy atom. The minimum absolute atomic E-state index is 0.660. The average Bonchev–Trinajstić information content (AvgIpc) is 2.85. The second-order valence-corrected chi connectivity index (χ2v) is 4.54. The van der Waals surface area contributed by atoms with Crippen LogP contribution in [0.3, 0.4) is 0 Å². The van der Waals surface area contributed by atoms with Gasteiger partial charge in [0.15, 0.2) is 0 Å². The van der Waals surface area contributed by atoms with Crippen molar-refractivity contribution in [3.8, 4) is 0 Å². The predicted molar refractivity (Wildman–Crippen MR) is 57.2 cm³/mol. The van der Waals surface area contributed by atoms with Crippen LogP contribution in [0, 0.1) is 6.92 Å². The molecule has 1 aromatic rings. The first-order valence-electron chi connectivity index (χ1n) is 5.29. The normalized spacial score (nSPS) is 16.6. The lowest BCUT2D eigenvalue weighted by molar-refractivity contribution is 0.854. The second kappa shape index (κ2) is 3.17. The molecule has 0 nitrogen and oxygen atoms in total. The molecule has 1 aliphatic rings. The lowest BCUT2D eigenvalue weighted by atomic mass is 9.95. The molecule has 13 heavy (non-hydrogen) atoms. The lowest BCUT2D eigenvalue weighted by Gasteiger charge is -2.10. The molecule has 0 unspecified atom stereocenters. The van der Waals surface area contributed by atoms with E-state index in [4.69, 9.17) is 0 Å². The second-order valence-electron chi connectivity index (χ2n) is 4.54. The van der Waals surface area contributed by atoms with Crippen LogP contribution in [0.2, 0.25) is 0 Å². The van der Waals surface area contributed by atoms with Gasteiger partial charge in [0.1, 0.15) is 0 Å². The molecule has 0 bridgehead atoms. The summed E-state index contributed by atoms with van der Waals surface area (Å²) in [5, 5.41) is 0. The molecule has 70 valence electrons. The number of benzene rings is 1. The average molecular weight is 174 g/mol. The zero-order chi connectivity index (χ0) is 9.42. The van der Waals surface area contributed by atoms with Crippen molar-refractivity contribution in [2.75, 3.05) is 0 Å². The van der Waals surface area contributed by atoms with E-state index in [1.165, 1.54) is 24.0 Å². The standard InChI is InChI=1S/C13H18/c1-9(2)13-7-6-12(8-10(13)3)11-4-5-11/h6-9,11H,4-5H2,1-3H3. The van der Waals surface area contributed by atoms with Gasteiger partial charge in [0.05, 0.1) is 0 Å². The topological polar surface area (TPSA) is 0 Å². The Hall–Kier alpha value is -0.780. The summed E-state index contributed by atoms with van der Waals surface area (Å²) in [6.45, 7) is 6.76. The van der Waals surface area contributed by atoms with Crippen molar-refractivity contribution in [1.29, 1.82) is 0 Å². The first kappa shape index (κ1) is 8.80. The zero-order valence-electron chi connectivity index (χ0n) is 8.80. The Morgan fingerprint density at radius 3 is 2.38 bits per heavy atom. The fraction of sp³-hybridized carbons (Fsp3) is 0.538. The van der Waals surface area contributed by atoms with Gasteiger partial charge >= 0.3 is 0 Å². The molecule has 0 aromatic heterocycles. The molecule has 1 aliphatic carbocycles. The van der Waals surface area contributed by atoms with Gasteiger partial charge in [-0.15, -0.1) is 0 Å². The number of aryl methyl sites for hydroxylation is 1. The van der Waals surface area contributed by atoms with E-state index in [0.717, 1.165) is 5.92 Å². The molecule has 1 fully saturated rings. The molecule has 0 saturated heterocycles. The summed E-state index contributed by atoms with van der Waals surface area (Å²) < 4.78 is 0. The molecular weight excluding hydrogens is 156 g/mol. The summed E-state index contributed by atoms with van der Waals surface area (Å²) in [5.74, 6) is 1.55. The molecular formula is C13H18. The van der Waals surface area contributed by atoms with Gasteiger partial charge in [-0.3, -0.25) is 0 Å². The molecule has 1 saturated carbocycles. The molecule has 0 atom stereocenters. The van der Waals surface area contributed by atoms with E-state index >= 15 is 0 Å². The minimum Gasteiger partial charge on any atom is -0.0587 e. The van der Waals surface area contributed by atoms with Gasteiger partial charge in [-0.1, -0.05) is 32.0 Å². The van der Waals surface area contributed by atoms with E-state index in [1.54, 1.807) is 5.56 Å². The molecule has 0 radical (unpaired) electrons. The summed E-state index contributed by atoms with van der Waals surface area (Å²) in [7, 11) is 0. The van der Waals surface area contributed by atoms with Crippen molar-refractivity contribution in [2.45, 2.75) is 45.4 Å². The maximum absolute atomic E-state index is 2.38. The van der Waals surface area contributed by atoms with Crippen molar-refractivity contribution >= 4 is 0 Å². The summed E-state index contributed by atoms with van der Waals surface area (Å²) in [6.07, 6.45) is 2.81. The van der Waals surface area contributed by atoms with Crippen LogP contribution in [0.25, 0.3) is 0 Å². The molecule has 0 N–H and O–H groups in total. The smallest absolute Gasteiger partial charge is 0.0161 e. The van der Waals surface area contributed by atoms with Crippen LogP contribution in [-0.2, 0) is 0 Å². The van der Waals surface area contributed by atoms with Gasteiger partial charge in [0.2, 0.25) is 0 Å². The highest BCUT2D eigenvalue weighted by Gasteiger charge is 2.23. The SMILES string of the molecule is Cc1cc(C2CC2)ccc1C(C)C. The minimum atomic E-state index is 0.660. The monoisotopic (exact) mass is 174 g/mol. The van der Waals surface area contributed by atoms with Crippen LogP contribution in [-0.4, -0.2) is 0 Å². The molecule has 0 heterocycles. The first-order valence-corrected chi connectivity index (χ1v) is 5.29. The summed E-state index contributed by atoms with van der Waals surface area (Å²) in [6, 6.07) is 7.01. The van der Waals surface area contributed by atoms with Gasteiger partial charge in [0.25, 0.3) is 0 Å². The van der Waals surface area contributed by atoms with Gasteiger partial charge in [0, 0.05) is 0 Å². The third-order valence-corrected chi connectivity index (χ3v) is 2.96. The zero-order valence-corrected chi connectivity index (χ0v) is 8.80. The van der Waals surface area contributed by atoms with E-state index < -0.39 is 0 Å². The fourth-order valence-electron chi connectivity index (χ4n) is 2.02. The Bertz CT molecular complexity index is 306. The number of hydrogen-bond acceptors (Lipinski definition) is 0. The fourth-order valence-corrected chi connectivity index (χ4v) is 2.02. The molecule has 0 aliphatic heterocycles. The van der Waals surface area contributed by atoms with E-state index in [2.05, 4.69) is 39.0 Å². The molecule has 2 rings (SSSR count). The molecule has 1 aromatic carbocycles. The summed E-state index contributed by atoms with van der Waals surface area (Å²) in [5.41, 5.74) is 4.53. The maximum Gasteiger partial charge on any atom is -0.0161 e. The van der Waals surface area contributed by atoms with Crippen LogP contribution < -0.4 is 0 Å². The molecule has 0 spiro atoms. The largest absolute Gasteiger partial charge is 0.0587 e. The van der Waals surface area contributed by atoms with Crippen LogP contribution in [0.15, 0.2) is 18.2 Å². The van der Waals surface area contributed by atoms with Crippen LogP contribution in [0.5, 0.6) is 0 Å². The Balaban J connectivity index is 2.31. The van der Waals surface area contributed by atoms with Crippen molar-refractivity contribution in [2.24, 2.45) is 0 Å². The van der Waals surface area contributed by atoms with E-state index in [9.17, 15) is 0 Å². The van der Waals surface area contributed by atoms with Crippen molar-refractivity contribution < 1.29 is 0 Å². The number of hydrogen-bond donors (Lipinski definition) is 0. The van der Waals surface area contributed by atoms with Gasteiger partial charge in [-0.2, -0.15) is 0 Å². The van der Waals surface area contributed by atoms with Crippen molar-refractivity contribution in [1.82, 2.24) is 0 Å². The van der Waals surface area contributed by atoms with Gasteiger partial charge in [-0.25, -0.2) is 0 Å². The predicted octanol–water partition coefficient (Wildman–Crippen LogP) is 4.00. The maximum atomic E-state index is 2.38. The van der Waals surface area contributed by atoms with Crippen molar-refractivity contribution in [3.63, 3.8) is 0 Å². The summed E-state index contributed by atoms with van der Waals surface area (Å²) in [4.78, 5) is 0. The third-order valence-electron chi connectivity index (χ3n) is 2.96. The van der Waals surface area contributed by atoms with E-state index in [0.29, 0.717) is 5.92 Å². The van der Waals surface area contributed by atoms with Crippen LogP contribution >= 0.6 is 0 Å².